The lowest BCUT2D eigenvalue weighted by Gasteiger charge is -2.07. The molecule has 2 aromatic rings. The molecule has 3 atom stereocenters. The van der Waals surface area contributed by atoms with Gasteiger partial charge in [0.25, 0.3) is 0 Å². The van der Waals surface area contributed by atoms with Crippen LogP contribution in [0.15, 0.2) is 59.1 Å². The van der Waals surface area contributed by atoms with E-state index in [-0.39, 0.29) is 5.78 Å². The van der Waals surface area contributed by atoms with E-state index in [0.717, 1.165) is 10.0 Å². The lowest BCUT2D eigenvalue weighted by Crippen LogP contribution is -2.15. The number of carbonyl (C=O) groups excluding carboxylic acids is 1. The van der Waals surface area contributed by atoms with Gasteiger partial charge in [-0.25, -0.2) is 0 Å². The Morgan fingerprint density at radius 2 is 1.75 bits per heavy atom. The topological polar surface area (TPSA) is 49.8 Å². The maximum absolute atomic E-state index is 12.2. The second-order valence-corrected chi connectivity index (χ2v) is 5.66. The zero-order valence-electron chi connectivity index (χ0n) is 10.6. The molecule has 20 heavy (non-hydrogen) atoms. The number of carbonyl (C=O) groups is 1. The molecule has 0 unspecified atom stereocenters. The van der Waals surface area contributed by atoms with Gasteiger partial charge in [-0.3, -0.25) is 4.79 Å². The molecule has 0 bridgehead atoms. The molecule has 2 aromatic carbocycles. The summed E-state index contributed by atoms with van der Waals surface area (Å²) in [6, 6.07) is 16.4. The summed E-state index contributed by atoms with van der Waals surface area (Å²) in [4.78, 5) is 12.2. The Morgan fingerprint density at radius 1 is 1.10 bits per heavy atom. The molecule has 1 heterocycles. The highest BCUT2D eigenvalue weighted by Gasteiger charge is 2.49. The van der Waals surface area contributed by atoms with Crippen molar-refractivity contribution in [3.05, 3.63) is 70.2 Å². The van der Waals surface area contributed by atoms with Gasteiger partial charge in [-0.05, 0) is 17.7 Å². The molecule has 0 aromatic heterocycles. The van der Waals surface area contributed by atoms with Crippen molar-refractivity contribution in [3.63, 3.8) is 0 Å². The van der Waals surface area contributed by atoms with Gasteiger partial charge in [0.15, 0.2) is 5.78 Å². The normalized spacial score (nSPS) is 22.3. The minimum atomic E-state index is -0.763. The minimum Gasteiger partial charge on any atom is -0.386 e. The summed E-state index contributed by atoms with van der Waals surface area (Å²) in [5, 5.41) is 10.2. The van der Waals surface area contributed by atoms with Crippen molar-refractivity contribution in [2.75, 3.05) is 0 Å². The van der Waals surface area contributed by atoms with E-state index in [2.05, 4.69) is 15.9 Å². The average Bonchev–Trinajstić information content (AvgIpc) is 3.28. The van der Waals surface area contributed by atoms with Crippen molar-refractivity contribution in [3.8, 4) is 0 Å². The first-order chi connectivity index (χ1) is 9.66. The van der Waals surface area contributed by atoms with Crippen LogP contribution >= 0.6 is 15.9 Å². The Bertz CT molecular complexity index is 609. The summed E-state index contributed by atoms with van der Waals surface area (Å²) >= 11 is 3.33. The van der Waals surface area contributed by atoms with E-state index in [4.69, 9.17) is 4.74 Å². The quantitative estimate of drug-likeness (QED) is 0.691. The van der Waals surface area contributed by atoms with E-state index in [1.165, 1.54) is 0 Å². The second-order valence-electron chi connectivity index (χ2n) is 4.75. The van der Waals surface area contributed by atoms with Crippen LogP contribution in [0.1, 0.15) is 22.0 Å². The lowest BCUT2D eigenvalue weighted by molar-refractivity contribution is 0.0953. The summed E-state index contributed by atoms with van der Waals surface area (Å²) in [6.07, 6.45) is -1.76. The number of hydrogen-bond acceptors (Lipinski definition) is 3. The molecular formula is C16H13BrO3. The van der Waals surface area contributed by atoms with Gasteiger partial charge in [0.1, 0.15) is 18.3 Å². The summed E-state index contributed by atoms with van der Waals surface area (Å²) < 4.78 is 6.29. The number of rotatable bonds is 4. The van der Waals surface area contributed by atoms with Gasteiger partial charge in [-0.2, -0.15) is 0 Å². The highest BCUT2D eigenvalue weighted by atomic mass is 79.9. The van der Waals surface area contributed by atoms with Gasteiger partial charge < -0.3 is 9.84 Å². The Kier molecular flexibility index (Phi) is 3.70. The van der Waals surface area contributed by atoms with Crippen LogP contribution < -0.4 is 0 Å². The number of ketones is 1. The molecule has 1 aliphatic heterocycles. The third kappa shape index (κ3) is 2.68. The Morgan fingerprint density at radius 3 is 2.40 bits per heavy atom. The number of halogens is 1. The van der Waals surface area contributed by atoms with Crippen LogP contribution in [0.2, 0.25) is 0 Å². The molecular weight excluding hydrogens is 320 g/mol. The first kappa shape index (κ1) is 13.5. The molecule has 1 saturated heterocycles. The molecule has 0 amide bonds. The monoisotopic (exact) mass is 332 g/mol. The predicted molar refractivity (Wildman–Crippen MR) is 78.5 cm³/mol. The molecule has 102 valence electrons. The zero-order chi connectivity index (χ0) is 14.1. The Balaban J connectivity index is 1.70. The van der Waals surface area contributed by atoms with E-state index >= 15 is 0 Å². The fourth-order valence-electron chi connectivity index (χ4n) is 2.19. The minimum absolute atomic E-state index is 0.0857. The van der Waals surface area contributed by atoms with Crippen molar-refractivity contribution in [2.24, 2.45) is 0 Å². The van der Waals surface area contributed by atoms with Crippen molar-refractivity contribution < 1.29 is 14.6 Å². The molecule has 3 nitrogen and oxygen atoms in total. The third-order valence-corrected chi connectivity index (χ3v) is 3.89. The van der Waals surface area contributed by atoms with Crippen molar-refractivity contribution in [1.29, 1.82) is 0 Å². The van der Waals surface area contributed by atoms with Gasteiger partial charge in [0.05, 0.1) is 0 Å². The maximum Gasteiger partial charge on any atom is 0.194 e. The van der Waals surface area contributed by atoms with Crippen LogP contribution in [0.5, 0.6) is 0 Å². The van der Waals surface area contributed by atoms with E-state index in [1.807, 2.05) is 42.5 Å². The Labute approximate surface area is 125 Å². The highest BCUT2D eigenvalue weighted by Crippen LogP contribution is 2.36. The molecule has 4 heteroatoms. The summed E-state index contributed by atoms with van der Waals surface area (Å²) in [5.74, 6) is -0.0857. The van der Waals surface area contributed by atoms with Crippen molar-refractivity contribution >= 4 is 21.7 Å². The van der Waals surface area contributed by atoms with Gasteiger partial charge in [0.2, 0.25) is 0 Å². The van der Waals surface area contributed by atoms with Gasteiger partial charge >= 0.3 is 0 Å². The smallest absolute Gasteiger partial charge is 0.194 e. The summed E-state index contributed by atoms with van der Waals surface area (Å²) in [6.45, 7) is 0. The fourth-order valence-corrected chi connectivity index (χ4v) is 2.46. The SMILES string of the molecule is O=C(c1ccc(Br)cc1)[C@@H]1O[C@H]1[C@@H](O)c1ccccc1. The lowest BCUT2D eigenvalue weighted by atomic mass is 10.0. The highest BCUT2D eigenvalue weighted by molar-refractivity contribution is 9.10. The average molecular weight is 333 g/mol. The molecule has 0 radical (unpaired) electrons. The third-order valence-electron chi connectivity index (χ3n) is 3.36. The predicted octanol–water partition coefficient (Wildman–Crippen LogP) is 3.13. The molecule has 0 aliphatic carbocycles. The fraction of sp³-hybridized carbons (Fsp3) is 0.188. The molecule has 0 saturated carbocycles. The molecule has 0 spiro atoms. The largest absolute Gasteiger partial charge is 0.386 e. The number of epoxide rings is 1. The summed E-state index contributed by atoms with van der Waals surface area (Å²) in [5.41, 5.74) is 1.37. The number of benzene rings is 2. The number of ether oxygens (including phenoxy) is 1. The van der Waals surface area contributed by atoms with Crippen LogP contribution in [-0.2, 0) is 4.74 Å². The molecule has 1 aliphatic rings. The number of aliphatic hydroxyl groups is 1. The first-order valence-corrected chi connectivity index (χ1v) is 7.14. The number of hydrogen-bond donors (Lipinski definition) is 1. The molecule has 1 N–H and O–H groups in total. The van der Waals surface area contributed by atoms with Crippen LogP contribution in [-0.4, -0.2) is 23.1 Å². The maximum atomic E-state index is 12.2. The van der Waals surface area contributed by atoms with E-state index in [0.29, 0.717) is 5.56 Å². The van der Waals surface area contributed by atoms with Gasteiger partial charge in [-0.1, -0.05) is 58.4 Å². The number of aliphatic hydroxyl groups excluding tert-OH is 1. The van der Waals surface area contributed by atoms with Crippen LogP contribution in [0, 0.1) is 0 Å². The van der Waals surface area contributed by atoms with Crippen molar-refractivity contribution in [2.45, 2.75) is 18.3 Å². The van der Waals surface area contributed by atoms with Gasteiger partial charge in [0, 0.05) is 10.0 Å². The number of Topliss-reactive ketones (excluding diaryl/α,β-unsaturated/α-hetero) is 1. The van der Waals surface area contributed by atoms with Crippen LogP contribution in [0.25, 0.3) is 0 Å². The van der Waals surface area contributed by atoms with E-state index < -0.39 is 18.3 Å². The zero-order valence-corrected chi connectivity index (χ0v) is 12.2. The first-order valence-electron chi connectivity index (χ1n) is 6.35. The molecule has 1 fully saturated rings. The van der Waals surface area contributed by atoms with Crippen molar-refractivity contribution in [1.82, 2.24) is 0 Å². The van der Waals surface area contributed by atoms with Crippen LogP contribution in [0.3, 0.4) is 0 Å². The summed E-state index contributed by atoms with van der Waals surface area (Å²) in [7, 11) is 0. The van der Waals surface area contributed by atoms with Crippen LogP contribution in [0.4, 0.5) is 0 Å². The van der Waals surface area contributed by atoms with E-state index in [9.17, 15) is 9.90 Å². The Hall–Kier alpha value is -1.49. The van der Waals surface area contributed by atoms with Gasteiger partial charge in [-0.15, -0.1) is 0 Å². The molecule has 3 rings (SSSR count). The standard InChI is InChI=1S/C16H13BrO3/c17-12-8-6-11(7-9-12)14(19)16-15(20-16)13(18)10-4-2-1-3-5-10/h1-9,13,15-16,18H/t13-,15-,16-/m0/s1. The second kappa shape index (κ2) is 5.48. The van der Waals surface area contributed by atoms with E-state index in [1.54, 1.807) is 12.1 Å².